The maximum Gasteiger partial charge on any atom is 0.346 e. The largest absolute Gasteiger partial charge is 0.477 e. The molecular formula is C20H13F2NO3S. The van der Waals surface area contributed by atoms with Gasteiger partial charge in [-0.15, -0.1) is 11.3 Å². The molecule has 0 saturated heterocycles. The van der Waals surface area contributed by atoms with E-state index >= 15 is 0 Å². The minimum atomic E-state index is -1.11. The van der Waals surface area contributed by atoms with Gasteiger partial charge in [0.05, 0.1) is 5.69 Å². The van der Waals surface area contributed by atoms with Gasteiger partial charge in [-0.25, -0.2) is 13.6 Å². The van der Waals surface area contributed by atoms with Gasteiger partial charge in [-0.3, -0.25) is 4.79 Å². The van der Waals surface area contributed by atoms with Crippen LogP contribution in [0.25, 0.3) is 11.1 Å². The summed E-state index contributed by atoms with van der Waals surface area (Å²) in [5, 5.41) is 12.4. The van der Waals surface area contributed by atoms with Crippen molar-refractivity contribution in [2.45, 2.75) is 12.3 Å². The van der Waals surface area contributed by atoms with Crippen LogP contribution in [0.3, 0.4) is 0 Å². The molecule has 0 saturated carbocycles. The molecule has 3 aromatic rings. The van der Waals surface area contributed by atoms with Gasteiger partial charge in [-0.05, 0) is 23.3 Å². The first kappa shape index (κ1) is 17.4. The lowest BCUT2D eigenvalue weighted by Crippen LogP contribution is -2.22. The number of anilines is 1. The second-order valence-corrected chi connectivity index (χ2v) is 7.25. The minimum Gasteiger partial charge on any atom is -0.477 e. The number of halogens is 2. The van der Waals surface area contributed by atoms with E-state index in [1.165, 1.54) is 6.07 Å². The molecule has 0 radical (unpaired) electrons. The zero-order valence-corrected chi connectivity index (χ0v) is 14.6. The summed E-state index contributed by atoms with van der Waals surface area (Å²) in [6.07, 6.45) is 0.0336. The third kappa shape index (κ3) is 3.00. The molecule has 136 valence electrons. The average molecular weight is 385 g/mol. The first-order chi connectivity index (χ1) is 13.0. The molecule has 4 rings (SSSR count). The number of benzene rings is 2. The van der Waals surface area contributed by atoms with Crippen molar-refractivity contribution >= 4 is 28.9 Å². The number of carboxylic acid groups (broad SMARTS) is 1. The summed E-state index contributed by atoms with van der Waals surface area (Å²) in [5.74, 6) is -3.92. The normalized spacial score (nSPS) is 15.9. The fourth-order valence-corrected chi connectivity index (χ4v) is 4.56. The lowest BCUT2D eigenvalue weighted by atomic mass is 9.88. The Morgan fingerprint density at radius 2 is 1.85 bits per heavy atom. The van der Waals surface area contributed by atoms with E-state index in [0.29, 0.717) is 27.3 Å². The molecule has 0 bridgehead atoms. The Bertz CT molecular complexity index is 1060. The van der Waals surface area contributed by atoms with E-state index in [-0.39, 0.29) is 17.2 Å². The highest BCUT2D eigenvalue weighted by Gasteiger charge is 2.34. The number of thiophene rings is 1. The standard InChI is InChI=1S/C20H13F2NO3S/c21-13-7-6-11(8-14(13)22)12-9-15(24)23-17-16(10-4-2-1-3-5-10)19(20(25)26)27-18(12)17/h1-8,12H,9H2,(H,23,24)(H,25,26)/t12-/m0/s1. The van der Waals surface area contributed by atoms with Crippen molar-refractivity contribution in [3.8, 4) is 11.1 Å². The summed E-state index contributed by atoms with van der Waals surface area (Å²) in [7, 11) is 0. The van der Waals surface area contributed by atoms with Gasteiger partial charge in [0.15, 0.2) is 11.6 Å². The van der Waals surface area contributed by atoms with Crippen LogP contribution in [-0.4, -0.2) is 17.0 Å². The minimum absolute atomic E-state index is 0.0336. The molecule has 4 nitrogen and oxygen atoms in total. The lowest BCUT2D eigenvalue weighted by Gasteiger charge is -2.24. The second-order valence-electron chi connectivity index (χ2n) is 6.20. The zero-order valence-electron chi connectivity index (χ0n) is 13.8. The van der Waals surface area contributed by atoms with E-state index in [9.17, 15) is 23.5 Å². The van der Waals surface area contributed by atoms with Crippen LogP contribution in [0, 0.1) is 11.6 Å². The molecule has 2 heterocycles. The summed E-state index contributed by atoms with van der Waals surface area (Å²) >= 11 is 1.05. The van der Waals surface area contributed by atoms with Crippen LogP contribution in [0.5, 0.6) is 0 Å². The van der Waals surface area contributed by atoms with E-state index in [2.05, 4.69) is 5.32 Å². The SMILES string of the molecule is O=C1C[C@@H](c2ccc(F)c(F)c2)c2sc(C(=O)O)c(-c3ccccc3)c2N1. The molecule has 1 atom stereocenters. The first-order valence-corrected chi connectivity index (χ1v) is 8.97. The molecule has 27 heavy (non-hydrogen) atoms. The molecule has 2 aromatic carbocycles. The van der Waals surface area contributed by atoms with Gasteiger partial charge in [0.25, 0.3) is 0 Å². The third-order valence-electron chi connectivity index (χ3n) is 4.51. The topological polar surface area (TPSA) is 66.4 Å². The quantitative estimate of drug-likeness (QED) is 0.676. The van der Waals surface area contributed by atoms with Crippen LogP contribution in [-0.2, 0) is 4.79 Å². The van der Waals surface area contributed by atoms with Gasteiger partial charge in [-0.2, -0.15) is 0 Å². The van der Waals surface area contributed by atoms with Crippen molar-refractivity contribution in [1.29, 1.82) is 0 Å². The molecule has 0 unspecified atom stereocenters. The van der Waals surface area contributed by atoms with Gasteiger partial charge >= 0.3 is 5.97 Å². The van der Waals surface area contributed by atoms with Crippen molar-refractivity contribution in [2.24, 2.45) is 0 Å². The first-order valence-electron chi connectivity index (χ1n) is 8.16. The van der Waals surface area contributed by atoms with Gasteiger partial charge in [0, 0.05) is 22.8 Å². The lowest BCUT2D eigenvalue weighted by molar-refractivity contribution is -0.116. The van der Waals surface area contributed by atoms with Crippen molar-refractivity contribution in [2.75, 3.05) is 5.32 Å². The molecule has 1 aliphatic heterocycles. The highest BCUT2D eigenvalue weighted by Crippen LogP contribution is 2.49. The Morgan fingerprint density at radius 3 is 2.52 bits per heavy atom. The summed E-state index contributed by atoms with van der Waals surface area (Å²) in [5.41, 5.74) is 1.96. The Hall–Kier alpha value is -3.06. The van der Waals surface area contributed by atoms with Crippen LogP contribution in [0.15, 0.2) is 48.5 Å². The zero-order chi connectivity index (χ0) is 19.1. The fraction of sp³-hybridized carbons (Fsp3) is 0.100. The molecule has 0 aliphatic carbocycles. The molecule has 1 aromatic heterocycles. The number of carboxylic acids is 1. The number of hydrogen-bond donors (Lipinski definition) is 2. The van der Waals surface area contributed by atoms with Crippen LogP contribution in [0.4, 0.5) is 14.5 Å². The van der Waals surface area contributed by atoms with Crippen molar-refractivity contribution in [1.82, 2.24) is 0 Å². The number of hydrogen-bond acceptors (Lipinski definition) is 3. The number of aromatic carboxylic acids is 1. The van der Waals surface area contributed by atoms with E-state index in [0.717, 1.165) is 23.5 Å². The van der Waals surface area contributed by atoms with Gasteiger partial charge in [0.1, 0.15) is 4.88 Å². The summed E-state index contributed by atoms with van der Waals surface area (Å²) < 4.78 is 27.0. The molecule has 0 fully saturated rings. The van der Waals surface area contributed by atoms with E-state index in [1.807, 2.05) is 6.07 Å². The Kier molecular flexibility index (Phi) is 4.24. The fourth-order valence-electron chi connectivity index (χ4n) is 3.32. The van der Waals surface area contributed by atoms with E-state index in [1.54, 1.807) is 24.3 Å². The predicted molar refractivity (Wildman–Crippen MR) is 98.2 cm³/mol. The third-order valence-corrected chi connectivity index (χ3v) is 5.80. The summed E-state index contributed by atoms with van der Waals surface area (Å²) in [6, 6.07) is 12.4. The molecule has 2 N–H and O–H groups in total. The van der Waals surface area contributed by atoms with Gasteiger partial charge < -0.3 is 10.4 Å². The predicted octanol–water partition coefficient (Wildman–Crippen LogP) is 4.87. The van der Waals surface area contributed by atoms with Crippen LogP contribution >= 0.6 is 11.3 Å². The van der Waals surface area contributed by atoms with Crippen molar-refractivity contribution in [3.05, 3.63) is 75.5 Å². The second kappa shape index (κ2) is 6.59. The number of nitrogens with one attached hydrogen (secondary N) is 1. The molecule has 1 amide bonds. The van der Waals surface area contributed by atoms with Crippen LogP contribution in [0.2, 0.25) is 0 Å². The maximum atomic E-state index is 13.7. The molecule has 0 spiro atoms. The number of amides is 1. The highest BCUT2D eigenvalue weighted by molar-refractivity contribution is 7.15. The van der Waals surface area contributed by atoms with E-state index in [4.69, 9.17) is 0 Å². The van der Waals surface area contributed by atoms with Crippen LogP contribution in [0.1, 0.15) is 32.5 Å². The Labute approximate surface area is 157 Å². The summed E-state index contributed by atoms with van der Waals surface area (Å²) in [4.78, 5) is 24.8. The van der Waals surface area contributed by atoms with E-state index < -0.39 is 23.5 Å². The van der Waals surface area contributed by atoms with Gasteiger partial charge in [0.2, 0.25) is 5.91 Å². The highest BCUT2D eigenvalue weighted by atomic mass is 32.1. The summed E-state index contributed by atoms with van der Waals surface area (Å²) in [6.45, 7) is 0. The van der Waals surface area contributed by atoms with Gasteiger partial charge in [-0.1, -0.05) is 36.4 Å². The molecule has 7 heteroatoms. The number of rotatable bonds is 3. The maximum absolute atomic E-state index is 13.7. The smallest absolute Gasteiger partial charge is 0.346 e. The monoisotopic (exact) mass is 385 g/mol. The number of carbonyl (C=O) groups is 2. The molecule has 1 aliphatic rings. The van der Waals surface area contributed by atoms with Crippen LogP contribution < -0.4 is 5.32 Å². The number of fused-ring (bicyclic) bond motifs is 1. The Morgan fingerprint density at radius 1 is 1.11 bits per heavy atom. The average Bonchev–Trinajstić information content (AvgIpc) is 3.03. The molecular weight excluding hydrogens is 372 g/mol. The van der Waals surface area contributed by atoms with Crippen molar-refractivity contribution < 1.29 is 23.5 Å². The Balaban J connectivity index is 1.94. The van der Waals surface area contributed by atoms with Crippen molar-refractivity contribution in [3.63, 3.8) is 0 Å². The number of carbonyl (C=O) groups excluding carboxylic acids is 1.